The second-order valence-electron chi connectivity index (χ2n) is 6.68. The Morgan fingerprint density at radius 2 is 1.88 bits per heavy atom. The van der Waals surface area contributed by atoms with Gasteiger partial charge < -0.3 is 19.8 Å². The van der Waals surface area contributed by atoms with Crippen molar-refractivity contribution in [1.29, 1.82) is 0 Å². The zero-order valence-electron chi connectivity index (χ0n) is 14.9. The molecular weight excluding hydrogens is 328 g/mol. The lowest BCUT2D eigenvalue weighted by Gasteiger charge is -2.18. The molecule has 2 N–H and O–H groups in total. The molecule has 4 rings (SSSR count). The average molecular weight is 350 g/mol. The number of hydrogen-bond donors (Lipinski definition) is 2. The summed E-state index contributed by atoms with van der Waals surface area (Å²) in [6.45, 7) is 0. The van der Waals surface area contributed by atoms with Gasteiger partial charge in [0.05, 0.1) is 25.8 Å². The number of amides is 1. The standard InChI is InChI=1S/C21H22N2O3/c1-25-16-10-15-11-17(22-20(15)18(12-16)26-2)21(24)23-19(14-8-9-14)13-6-4-3-5-7-13/h3-7,10-12,14,19,22H,8-9H2,1-2H3,(H,23,24)/t19-/m1/s1. The molecule has 3 aromatic rings. The van der Waals surface area contributed by atoms with E-state index in [-0.39, 0.29) is 11.9 Å². The molecule has 0 saturated heterocycles. The minimum atomic E-state index is -0.108. The molecule has 0 bridgehead atoms. The van der Waals surface area contributed by atoms with Gasteiger partial charge in [-0.15, -0.1) is 0 Å². The van der Waals surface area contributed by atoms with Crippen LogP contribution in [0.1, 0.15) is 34.9 Å². The van der Waals surface area contributed by atoms with E-state index in [4.69, 9.17) is 9.47 Å². The van der Waals surface area contributed by atoms with Crippen molar-refractivity contribution in [3.05, 3.63) is 59.8 Å². The number of nitrogens with one attached hydrogen (secondary N) is 2. The zero-order valence-corrected chi connectivity index (χ0v) is 14.9. The summed E-state index contributed by atoms with van der Waals surface area (Å²) in [7, 11) is 3.22. The topological polar surface area (TPSA) is 63.4 Å². The third-order valence-electron chi connectivity index (χ3n) is 4.90. The summed E-state index contributed by atoms with van der Waals surface area (Å²) < 4.78 is 10.7. The molecular formula is C21H22N2O3. The van der Waals surface area contributed by atoms with Crippen LogP contribution < -0.4 is 14.8 Å². The number of methoxy groups -OCH3 is 2. The van der Waals surface area contributed by atoms with Gasteiger partial charge in [-0.2, -0.15) is 0 Å². The van der Waals surface area contributed by atoms with E-state index in [0.717, 1.165) is 29.3 Å². The smallest absolute Gasteiger partial charge is 0.268 e. The van der Waals surface area contributed by atoms with Crippen LogP contribution in [0.15, 0.2) is 48.5 Å². The molecule has 5 nitrogen and oxygen atoms in total. The molecule has 1 saturated carbocycles. The highest BCUT2D eigenvalue weighted by Crippen LogP contribution is 2.41. The number of rotatable bonds is 6. The quantitative estimate of drug-likeness (QED) is 0.704. The molecule has 0 unspecified atom stereocenters. The van der Waals surface area contributed by atoms with Crippen LogP contribution in [0.4, 0.5) is 0 Å². The van der Waals surface area contributed by atoms with Crippen LogP contribution in [0.25, 0.3) is 10.9 Å². The average Bonchev–Trinajstić information content (AvgIpc) is 3.43. The van der Waals surface area contributed by atoms with Gasteiger partial charge in [0.1, 0.15) is 17.2 Å². The summed E-state index contributed by atoms with van der Waals surface area (Å²) in [4.78, 5) is 16.1. The number of carbonyl (C=O) groups excluding carboxylic acids is 1. The van der Waals surface area contributed by atoms with E-state index in [9.17, 15) is 4.79 Å². The van der Waals surface area contributed by atoms with E-state index in [1.54, 1.807) is 20.3 Å². The highest BCUT2D eigenvalue weighted by atomic mass is 16.5. The van der Waals surface area contributed by atoms with Crippen molar-refractivity contribution in [2.24, 2.45) is 5.92 Å². The number of carbonyl (C=O) groups is 1. The Balaban J connectivity index is 1.63. The predicted molar refractivity (Wildman–Crippen MR) is 101 cm³/mol. The largest absolute Gasteiger partial charge is 0.497 e. The van der Waals surface area contributed by atoms with Crippen LogP contribution in [-0.2, 0) is 0 Å². The zero-order chi connectivity index (χ0) is 18.1. The van der Waals surface area contributed by atoms with Crippen molar-refractivity contribution in [3.63, 3.8) is 0 Å². The predicted octanol–water partition coefficient (Wildman–Crippen LogP) is 4.07. The lowest BCUT2D eigenvalue weighted by molar-refractivity contribution is 0.0927. The van der Waals surface area contributed by atoms with Gasteiger partial charge in [0, 0.05) is 11.5 Å². The van der Waals surface area contributed by atoms with Crippen LogP contribution in [-0.4, -0.2) is 25.1 Å². The number of benzene rings is 2. The molecule has 0 aliphatic heterocycles. The molecule has 1 aromatic heterocycles. The number of hydrogen-bond acceptors (Lipinski definition) is 3. The highest BCUT2D eigenvalue weighted by Gasteiger charge is 2.33. The first kappa shape index (κ1) is 16.5. The fourth-order valence-electron chi connectivity index (χ4n) is 3.37. The fraction of sp³-hybridized carbons (Fsp3) is 0.286. The molecule has 1 atom stereocenters. The van der Waals surface area contributed by atoms with Crippen molar-refractivity contribution in [1.82, 2.24) is 10.3 Å². The van der Waals surface area contributed by atoms with Gasteiger partial charge in [-0.1, -0.05) is 30.3 Å². The number of H-pyrrole nitrogens is 1. The maximum absolute atomic E-state index is 12.9. The number of aromatic amines is 1. The lowest BCUT2D eigenvalue weighted by atomic mass is 10.0. The summed E-state index contributed by atoms with van der Waals surface area (Å²) >= 11 is 0. The van der Waals surface area contributed by atoms with Gasteiger partial charge in [0.2, 0.25) is 0 Å². The monoisotopic (exact) mass is 350 g/mol. The maximum atomic E-state index is 12.9. The van der Waals surface area contributed by atoms with E-state index < -0.39 is 0 Å². The Kier molecular flexibility index (Phi) is 4.29. The van der Waals surface area contributed by atoms with Crippen LogP contribution in [0.2, 0.25) is 0 Å². The summed E-state index contributed by atoms with van der Waals surface area (Å²) in [6.07, 6.45) is 2.30. The van der Waals surface area contributed by atoms with E-state index in [1.165, 1.54) is 0 Å². The fourth-order valence-corrected chi connectivity index (χ4v) is 3.37. The summed E-state index contributed by atoms with van der Waals surface area (Å²) in [5.41, 5.74) is 2.47. The van der Waals surface area contributed by atoms with E-state index >= 15 is 0 Å². The Hall–Kier alpha value is -2.95. The minimum Gasteiger partial charge on any atom is -0.497 e. The van der Waals surface area contributed by atoms with Crippen molar-refractivity contribution >= 4 is 16.8 Å². The first-order valence-electron chi connectivity index (χ1n) is 8.80. The van der Waals surface area contributed by atoms with Crippen LogP contribution in [0.5, 0.6) is 11.5 Å². The molecule has 134 valence electrons. The maximum Gasteiger partial charge on any atom is 0.268 e. The number of fused-ring (bicyclic) bond motifs is 1. The summed E-state index contributed by atoms with van der Waals surface area (Å²) in [5, 5.41) is 4.08. The van der Waals surface area contributed by atoms with E-state index in [2.05, 4.69) is 22.4 Å². The molecule has 0 radical (unpaired) electrons. The van der Waals surface area contributed by atoms with Gasteiger partial charge in [0.15, 0.2) is 0 Å². The molecule has 2 aromatic carbocycles. The van der Waals surface area contributed by atoms with Gasteiger partial charge >= 0.3 is 0 Å². The third kappa shape index (κ3) is 3.12. The second-order valence-corrected chi connectivity index (χ2v) is 6.68. The molecule has 5 heteroatoms. The Morgan fingerprint density at radius 1 is 1.12 bits per heavy atom. The molecule has 26 heavy (non-hydrogen) atoms. The summed E-state index contributed by atoms with van der Waals surface area (Å²) in [6, 6.07) is 15.7. The molecule has 1 fully saturated rings. The van der Waals surface area contributed by atoms with Crippen LogP contribution in [0, 0.1) is 5.92 Å². The minimum absolute atomic E-state index is 0.0477. The molecule has 1 heterocycles. The molecule has 1 aliphatic carbocycles. The van der Waals surface area contributed by atoms with Crippen LogP contribution >= 0.6 is 0 Å². The Bertz CT molecular complexity index is 929. The van der Waals surface area contributed by atoms with Gasteiger partial charge in [-0.3, -0.25) is 4.79 Å². The SMILES string of the molecule is COc1cc(OC)c2[nH]c(C(=O)N[C@H](c3ccccc3)C3CC3)cc2c1. The normalized spacial score (nSPS) is 14.8. The van der Waals surface area contributed by atoms with Crippen molar-refractivity contribution < 1.29 is 14.3 Å². The Labute approximate surface area is 152 Å². The third-order valence-corrected chi connectivity index (χ3v) is 4.90. The highest BCUT2D eigenvalue weighted by molar-refractivity contribution is 6.00. The van der Waals surface area contributed by atoms with E-state index in [0.29, 0.717) is 23.1 Å². The second kappa shape index (κ2) is 6.75. The van der Waals surface area contributed by atoms with Crippen molar-refractivity contribution in [3.8, 4) is 11.5 Å². The lowest BCUT2D eigenvalue weighted by Crippen LogP contribution is -2.30. The van der Waals surface area contributed by atoms with Gasteiger partial charge in [-0.05, 0) is 36.5 Å². The van der Waals surface area contributed by atoms with Crippen LogP contribution in [0.3, 0.4) is 0 Å². The molecule has 0 spiro atoms. The number of ether oxygens (including phenoxy) is 2. The number of aromatic nitrogens is 1. The first-order valence-corrected chi connectivity index (χ1v) is 8.80. The Morgan fingerprint density at radius 3 is 2.54 bits per heavy atom. The van der Waals surface area contributed by atoms with Crippen molar-refractivity contribution in [2.75, 3.05) is 14.2 Å². The summed E-state index contributed by atoms with van der Waals surface area (Å²) in [5.74, 6) is 1.75. The first-order chi connectivity index (χ1) is 12.7. The molecule has 1 aliphatic rings. The molecule has 1 amide bonds. The van der Waals surface area contributed by atoms with Crippen molar-refractivity contribution in [2.45, 2.75) is 18.9 Å². The van der Waals surface area contributed by atoms with Gasteiger partial charge in [-0.25, -0.2) is 0 Å². The van der Waals surface area contributed by atoms with Gasteiger partial charge in [0.25, 0.3) is 5.91 Å². The van der Waals surface area contributed by atoms with E-state index in [1.807, 2.05) is 30.3 Å².